The number of carboxylic acid groups (broad SMARTS) is 1. The van der Waals surface area contributed by atoms with E-state index in [1.807, 2.05) is 30.3 Å². The average Bonchev–Trinajstić information content (AvgIpc) is 2.91. The number of benzene rings is 1. The van der Waals surface area contributed by atoms with E-state index in [2.05, 4.69) is 20.7 Å². The van der Waals surface area contributed by atoms with Crippen molar-refractivity contribution in [3.8, 4) is 0 Å². The van der Waals surface area contributed by atoms with Crippen molar-refractivity contribution in [1.82, 2.24) is 10.2 Å². The van der Waals surface area contributed by atoms with Gasteiger partial charge < -0.3 is 5.11 Å². The standard InChI is InChI=1S/C12H12N4O2S2/c1-8(10(17)18)13-14-11-15-16-12(20-11)19-7-9-5-3-2-4-6-9/h2-6H,7H2,1H3,(H,14,15)(H,17,18)/b13-8+. The Bertz CT molecular complexity index is 613. The van der Waals surface area contributed by atoms with Gasteiger partial charge in [0.05, 0.1) is 0 Å². The Kier molecular flexibility index (Phi) is 5.08. The Balaban J connectivity index is 1.89. The first kappa shape index (κ1) is 14.5. The number of hydrogen-bond acceptors (Lipinski definition) is 7. The number of carbonyl (C=O) groups is 1. The van der Waals surface area contributed by atoms with Gasteiger partial charge in [-0.3, -0.25) is 5.43 Å². The minimum atomic E-state index is -1.07. The Morgan fingerprint density at radius 3 is 2.85 bits per heavy atom. The lowest BCUT2D eigenvalue weighted by atomic mass is 10.2. The summed E-state index contributed by atoms with van der Waals surface area (Å²) in [5.74, 6) is -0.256. The largest absolute Gasteiger partial charge is 0.477 e. The van der Waals surface area contributed by atoms with Crippen molar-refractivity contribution in [2.75, 3.05) is 5.43 Å². The number of hydrogen-bond donors (Lipinski definition) is 2. The minimum absolute atomic E-state index is 0.0290. The second-order valence-corrected chi connectivity index (χ2v) is 5.96. The molecule has 104 valence electrons. The van der Waals surface area contributed by atoms with E-state index in [0.717, 1.165) is 10.1 Å². The molecule has 2 N–H and O–H groups in total. The van der Waals surface area contributed by atoms with Crippen LogP contribution in [0.1, 0.15) is 12.5 Å². The summed E-state index contributed by atoms with van der Waals surface area (Å²) in [5.41, 5.74) is 3.76. The van der Waals surface area contributed by atoms with Crippen molar-refractivity contribution in [2.45, 2.75) is 17.0 Å². The zero-order valence-corrected chi connectivity index (χ0v) is 12.2. The van der Waals surface area contributed by atoms with Crippen LogP contribution in [-0.2, 0) is 10.5 Å². The van der Waals surface area contributed by atoms with E-state index in [9.17, 15) is 4.79 Å². The van der Waals surface area contributed by atoms with E-state index in [1.165, 1.54) is 23.8 Å². The van der Waals surface area contributed by atoms with Crippen LogP contribution in [0.15, 0.2) is 39.8 Å². The number of aromatic nitrogens is 2. The maximum atomic E-state index is 10.6. The molecule has 0 radical (unpaired) electrons. The van der Waals surface area contributed by atoms with Gasteiger partial charge in [0.2, 0.25) is 5.13 Å². The molecule has 0 saturated carbocycles. The third kappa shape index (κ3) is 4.32. The van der Waals surface area contributed by atoms with E-state index < -0.39 is 5.97 Å². The predicted octanol–water partition coefficient (Wildman–Crippen LogP) is 2.70. The van der Waals surface area contributed by atoms with E-state index >= 15 is 0 Å². The molecule has 0 amide bonds. The lowest BCUT2D eigenvalue weighted by Gasteiger charge is -1.96. The first-order valence-electron chi connectivity index (χ1n) is 5.69. The molecular formula is C12H12N4O2S2. The molecule has 6 nitrogen and oxygen atoms in total. The summed E-state index contributed by atoms with van der Waals surface area (Å²) in [5, 5.41) is 20.7. The van der Waals surface area contributed by atoms with Gasteiger partial charge in [-0.2, -0.15) is 5.10 Å². The van der Waals surface area contributed by atoms with Gasteiger partial charge in [0.1, 0.15) is 5.71 Å². The smallest absolute Gasteiger partial charge is 0.351 e. The van der Waals surface area contributed by atoms with Crippen LogP contribution >= 0.6 is 23.1 Å². The van der Waals surface area contributed by atoms with Crippen molar-refractivity contribution in [1.29, 1.82) is 0 Å². The number of nitrogens with zero attached hydrogens (tertiary/aromatic N) is 3. The Morgan fingerprint density at radius 2 is 2.15 bits per heavy atom. The van der Waals surface area contributed by atoms with Crippen LogP contribution in [0.2, 0.25) is 0 Å². The van der Waals surface area contributed by atoms with Gasteiger partial charge >= 0.3 is 5.97 Å². The van der Waals surface area contributed by atoms with E-state index in [0.29, 0.717) is 5.13 Å². The van der Waals surface area contributed by atoms with Crippen LogP contribution in [0, 0.1) is 0 Å². The third-order valence-electron chi connectivity index (χ3n) is 2.24. The van der Waals surface area contributed by atoms with Gasteiger partial charge in [-0.15, -0.1) is 10.2 Å². The SMILES string of the molecule is C/C(=N\Nc1nnc(SCc2ccccc2)s1)C(=O)O. The van der Waals surface area contributed by atoms with E-state index in [1.54, 1.807) is 11.8 Å². The molecule has 0 saturated heterocycles. The van der Waals surface area contributed by atoms with Gasteiger partial charge in [0.15, 0.2) is 4.34 Å². The van der Waals surface area contributed by atoms with Crippen molar-refractivity contribution < 1.29 is 9.90 Å². The monoisotopic (exact) mass is 308 g/mol. The van der Waals surface area contributed by atoms with Crippen LogP contribution in [-0.4, -0.2) is 27.0 Å². The van der Waals surface area contributed by atoms with Crippen LogP contribution in [0.5, 0.6) is 0 Å². The van der Waals surface area contributed by atoms with Crippen LogP contribution in [0.4, 0.5) is 5.13 Å². The normalized spacial score (nSPS) is 11.3. The molecule has 0 atom stereocenters. The molecule has 1 heterocycles. The molecule has 1 aromatic carbocycles. The molecule has 1 aromatic heterocycles. The van der Waals surface area contributed by atoms with Crippen molar-refractivity contribution >= 4 is 39.9 Å². The summed E-state index contributed by atoms with van der Waals surface area (Å²) in [6, 6.07) is 10.1. The Morgan fingerprint density at radius 1 is 1.40 bits per heavy atom. The average molecular weight is 308 g/mol. The fourth-order valence-electron chi connectivity index (χ4n) is 1.21. The lowest BCUT2D eigenvalue weighted by Crippen LogP contribution is -2.10. The molecule has 20 heavy (non-hydrogen) atoms. The summed E-state index contributed by atoms with van der Waals surface area (Å²) < 4.78 is 0.805. The molecule has 0 aliphatic rings. The predicted molar refractivity (Wildman–Crippen MR) is 80.3 cm³/mol. The molecule has 0 aliphatic carbocycles. The molecule has 2 aromatic rings. The highest BCUT2D eigenvalue weighted by Crippen LogP contribution is 2.28. The minimum Gasteiger partial charge on any atom is -0.477 e. The summed E-state index contributed by atoms with van der Waals surface area (Å²) in [6.45, 7) is 1.40. The molecule has 0 bridgehead atoms. The van der Waals surface area contributed by atoms with Crippen molar-refractivity contribution in [3.63, 3.8) is 0 Å². The van der Waals surface area contributed by atoms with Crippen molar-refractivity contribution in [2.24, 2.45) is 5.10 Å². The number of hydrazone groups is 1. The highest BCUT2D eigenvalue weighted by atomic mass is 32.2. The molecule has 0 unspecified atom stereocenters. The first-order chi connectivity index (χ1) is 9.65. The van der Waals surface area contributed by atoms with Crippen LogP contribution < -0.4 is 5.43 Å². The summed E-state index contributed by atoms with van der Waals surface area (Å²) in [4.78, 5) is 10.6. The maximum Gasteiger partial charge on any atom is 0.351 e. The lowest BCUT2D eigenvalue weighted by molar-refractivity contribution is -0.129. The topological polar surface area (TPSA) is 87.5 Å². The number of carboxylic acids is 1. The first-order valence-corrected chi connectivity index (χ1v) is 7.49. The fourth-order valence-corrected chi connectivity index (χ4v) is 2.86. The molecule has 2 rings (SSSR count). The number of aliphatic carboxylic acids is 1. The second kappa shape index (κ2) is 7.01. The van der Waals surface area contributed by atoms with E-state index in [4.69, 9.17) is 5.11 Å². The highest BCUT2D eigenvalue weighted by molar-refractivity contribution is 8.00. The van der Waals surface area contributed by atoms with Crippen LogP contribution in [0.25, 0.3) is 0 Å². The number of nitrogens with one attached hydrogen (secondary N) is 1. The molecule has 0 spiro atoms. The van der Waals surface area contributed by atoms with Gasteiger partial charge in [-0.25, -0.2) is 4.79 Å². The highest BCUT2D eigenvalue weighted by Gasteiger charge is 2.06. The molecule has 8 heteroatoms. The fraction of sp³-hybridized carbons (Fsp3) is 0.167. The van der Waals surface area contributed by atoms with Crippen LogP contribution in [0.3, 0.4) is 0 Å². The maximum absolute atomic E-state index is 10.6. The number of rotatable bonds is 6. The zero-order valence-electron chi connectivity index (χ0n) is 10.6. The zero-order chi connectivity index (χ0) is 14.4. The summed E-state index contributed by atoms with van der Waals surface area (Å²) in [7, 11) is 0. The quantitative estimate of drug-likeness (QED) is 0.484. The summed E-state index contributed by atoms with van der Waals surface area (Å²) in [6.07, 6.45) is 0. The third-order valence-corrected chi connectivity index (χ3v) is 4.27. The molecule has 0 fully saturated rings. The summed E-state index contributed by atoms with van der Waals surface area (Å²) >= 11 is 2.91. The van der Waals surface area contributed by atoms with Gasteiger partial charge in [0, 0.05) is 5.75 Å². The van der Waals surface area contributed by atoms with E-state index in [-0.39, 0.29) is 5.71 Å². The number of anilines is 1. The second-order valence-electron chi connectivity index (χ2n) is 3.76. The van der Waals surface area contributed by atoms with Gasteiger partial charge in [0.25, 0.3) is 0 Å². The Labute approximate surface area is 123 Å². The number of thioether (sulfide) groups is 1. The van der Waals surface area contributed by atoms with Crippen molar-refractivity contribution in [3.05, 3.63) is 35.9 Å². The van der Waals surface area contributed by atoms with Gasteiger partial charge in [-0.05, 0) is 12.5 Å². The Hall–Kier alpha value is -1.93. The molecular weight excluding hydrogens is 296 g/mol. The van der Waals surface area contributed by atoms with Gasteiger partial charge in [-0.1, -0.05) is 53.4 Å². The molecule has 0 aliphatic heterocycles.